The minimum absolute atomic E-state index is 0.586. The van der Waals surface area contributed by atoms with Gasteiger partial charge in [-0.05, 0) is 72.6 Å². The highest BCUT2D eigenvalue weighted by Crippen LogP contribution is 2.39. The Kier molecular flexibility index (Phi) is 6.80. The Morgan fingerprint density at radius 2 is 1.17 bits per heavy atom. The lowest BCUT2D eigenvalue weighted by Gasteiger charge is -2.10. The molecule has 0 aliphatic carbocycles. The number of rotatable bonds is 6. The molecule has 52 heavy (non-hydrogen) atoms. The molecule has 0 saturated heterocycles. The van der Waals surface area contributed by atoms with Crippen molar-refractivity contribution in [3.8, 4) is 22.8 Å². The molecule has 5 heteroatoms. The number of benzene rings is 6. The van der Waals surface area contributed by atoms with Crippen molar-refractivity contribution in [2.75, 3.05) is 0 Å². The molecule has 0 unspecified atom stereocenters. The van der Waals surface area contributed by atoms with Crippen molar-refractivity contribution < 1.29 is 4.42 Å². The Morgan fingerprint density at radius 3 is 1.85 bits per heavy atom. The highest BCUT2D eigenvalue weighted by atomic mass is 16.3. The fourth-order valence-electron chi connectivity index (χ4n) is 7.77. The SMILES string of the molecule is C=C/C=C(\C=C/C)c1nc(-n2c3ccccc3c3ccccc32)nc2c1oc1ccc(-c3ccc4c(c3)c3ccccc3n4-c3ccccc3)cc12. The predicted molar refractivity (Wildman–Crippen MR) is 216 cm³/mol. The molecule has 0 aliphatic rings. The maximum absolute atomic E-state index is 6.63. The van der Waals surface area contributed by atoms with Gasteiger partial charge in [0.25, 0.3) is 0 Å². The van der Waals surface area contributed by atoms with Gasteiger partial charge in [-0.3, -0.25) is 4.57 Å². The number of aromatic nitrogens is 4. The Hall–Kier alpha value is -6.98. The van der Waals surface area contributed by atoms with Crippen molar-refractivity contribution in [2.45, 2.75) is 6.92 Å². The van der Waals surface area contributed by atoms with Crippen LogP contribution in [0.5, 0.6) is 0 Å². The quantitative estimate of drug-likeness (QED) is 0.166. The molecule has 10 aromatic rings. The van der Waals surface area contributed by atoms with Gasteiger partial charge in [-0.15, -0.1) is 0 Å². The van der Waals surface area contributed by atoms with Crippen LogP contribution in [0.3, 0.4) is 0 Å². The molecular formula is C47H32N4O. The molecule has 0 aliphatic heterocycles. The normalized spacial score (nSPS) is 12.4. The van der Waals surface area contributed by atoms with Crippen LogP contribution in [-0.4, -0.2) is 19.1 Å². The molecule has 246 valence electrons. The summed E-state index contributed by atoms with van der Waals surface area (Å²) in [4.78, 5) is 10.5. The highest BCUT2D eigenvalue weighted by Gasteiger charge is 2.22. The molecule has 0 saturated carbocycles. The fourth-order valence-corrected chi connectivity index (χ4v) is 7.77. The van der Waals surface area contributed by atoms with E-state index in [-0.39, 0.29) is 0 Å². The second-order valence-electron chi connectivity index (χ2n) is 13.0. The molecule has 0 fully saturated rings. The van der Waals surface area contributed by atoms with Gasteiger partial charge in [0.15, 0.2) is 5.58 Å². The van der Waals surface area contributed by atoms with E-state index in [1.54, 1.807) is 6.08 Å². The van der Waals surface area contributed by atoms with Crippen LogP contribution >= 0.6 is 0 Å². The molecule has 0 bridgehead atoms. The van der Waals surface area contributed by atoms with E-state index in [2.05, 4.69) is 155 Å². The summed E-state index contributed by atoms with van der Waals surface area (Å²) in [5.74, 6) is 0.586. The van der Waals surface area contributed by atoms with Crippen molar-refractivity contribution in [3.05, 3.63) is 176 Å². The van der Waals surface area contributed by atoms with Gasteiger partial charge >= 0.3 is 0 Å². The minimum atomic E-state index is 0.586. The second kappa shape index (κ2) is 11.8. The summed E-state index contributed by atoms with van der Waals surface area (Å²) in [6.45, 7) is 6.00. The first-order valence-corrected chi connectivity index (χ1v) is 17.5. The lowest BCUT2D eigenvalue weighted by atomic mass is 10.0. The third-order valence-electron chi connectivity index (χ3n) is 10.0. The molecule has 4 heterocycles. The van der Waals surface area contributed by atoms with Crippen LogP contribution < -0.4 is 0 Å². The van der Waals surface area contributed by atoms with Crippen molar-refractivity contribution in [2.24, 2.45) is 0 Å². The molecule has 0 atom stereocenters. The molecule has 0 amide bonds. The van der Waals surface area contributed by atoms with Gasteiger partial charge in [0.2, 0.25) is 5.95 Å². The van der Waals surface area contributed by atoms with Gasteiger partial charge < -0.3 is 8.98 Å². The monoisotopic (exact) mass is 668 g/mol. The van der Waals surface area contributed by atoms with Crippen LogP contribution in [0.2, 0.25) is 0 Å². The maximum Gasteiger partial charge on any atom is 0.236 e. The molecule has 0 N–H and O–H groups in total. The third-order valence-corrected chi connectivity index (χ3v) is 10.0. The molecule has 4 aromatic heterocycles. The lowest BCUT2D eigenvalue weighted by Crippen LogP contribution is -2.04. The first-order valence-electron chi connectivity index (χ1n) is 17.5. The number of allylic oxidation sites excluding steroid dienone is 5. The van der Waals surface area contributed by atoms with Crippen LogP contribution in [0, 0.1) is 0 Å². The predicted octanol–water partition coefficient (Wildman–Crippen LogP) is 12.4. The zero-order valence-corrected chi connectivity index (χ0v) is 28.5. The highest BCUT2D eigenvalue weighted by molar-refractivity contribution is 6.12. The van der Waals surface area contributed by atoms with Gasteiger partial charge in [-0.2, -0.15) is 0 Å². The van der Waals surface area contributed by atoms with E-state index in [1.807, 2.05) is 25.2 Å². The number of fused-ring (bicyclic) bond motifs is 9. The molecule has 10 rings (SSSR count). The average molecular weight is 669 g/mol. The maximum atomic E-state index is 6.63. The third kappa shape index (κ3) is 4.49. The smallest absolute Gasteiger partial charge is 0.236 e. The zero-order valence-electron chi connectivity index (χ0n) is 28.5. The summed E-state index contributed by atoms with van der Waals surface area (Å²) in [5, 5.41) is 5.67. The van der Waals surface area contributed by atoms with E-state index >= 15 is 0 Å². The Labute approximate surface area is 299 Å². The van der Waals surface area contributed by atoms with Crippen LogP contribution in [0.25, 0.3) is 94.0 Å². The molecule has 5 nitrogen and oxygen atoms in total. The van der Waals surface area contributed by atoms with E-state index in [0.717, 1.165) is 60.7 Å². The van der Waals surface area contributed by atoms with Crippen molar-refractivity contribution >= 4 is 71.3 Å². The number of nitrogens with zero attached hydrogens (tertiary/aromatic N) is 4. The number of hydrogen-bond donors (Lipinski definition) is 0. The number of furan rings is 1. The van der Waals surface area contributed by atoms with Crippen molar-refractivity contribution in [1.82, 2.24) is 19.1 Å². The van der Waals surface area contributed by atoms with E-state index in [0.29, 0.717) is 17.2 Å². The fraction of sp³-hybridized carbons (Fsp3) is 0.0213. The average Bonchev–Trinajstić information content (AvgIpc) is 3.85. The minimum Gasteiger partial charge on any atom is -0.452 e. The summed E-state index contributed by atoms with van der Waals surface area (Å²) in [5.41, 5.74) is 11.6. The van der Waals surface area contributed by atoms with Gasteiger partial charge in [0.1, 0.15) is 16.8 Å². The molecule has 6 aromatic carbocycles. The summed E-state index contributed by atoms with van der Waals surface area (Å²) in [6, 6.07) is 49.2. The van der Waals surface area contributed by atoms with Crippen LogP contribution in [0.4, 0.5) is 0 Å². The van der Waals surface area contributed by atoms with Crippen LogP contribution in [0.1, 0.15) is 12.6 Å². The first-order chi connectivity index (χ1) is 25.7. The second-order valence-corrected chi connectivity index (χ2v) is 13.0. The van der Waals surface area contributed by atoms with Crippen LogP contribution in [-0.2, 0) is 0 Å². The zero-order chi connectivity index (χ0) is 34.8. The van der Waals surface area contributed by atoms with Gasteiger partial charge in [-0.1, -0.05) is 116 Å². The van der Waals surface area contributed by atoms with Gasteiger partial charge in [-0.25, -0.2) is 9.97 Å². The summed E-state index contributed by atoms with van der Waals surface area (Å²) in [7, 11) is 0. The number of hydrogen-bond acceptors (Lipinski definition) is 3. The standard InChI is InChI=1S/C47H32N4O/c1-3-14-30(15-4-2)44-46-45(49-47(48-44)51-40-22-12-8-18-34(40)35-19-9-13-23-41(35)51)38-29-32(25-27-43(38)52-46)31-24-26-42-37(28-31)36-20-10-11-21-39(36)50(42)33-16-6-5-7-17-33/h3-29H,1H2,2H3/b15-4-,30-14+. The summed E-state index contributed by atoms with van der Waals surface area (Å²) in [6.07, 6.45) is 7.81. The molecule has 0 radical (unpaired) electrons. The number of para-hydroxylation sites is 4. The Morgan fingerprint density at radius 1 is 0.596 bits per heavy atom. The summed E-state index contributed by atoms with van der Waals surface area (Å²) < 4.78 is 11.1. The Bertz CT molecular complexity index is 3050. The topological polar surface area (TPSA) is 48.8 Å². The van der Waals surface area contributed by atoms with Gasteiger partial charge in [0.05, 0.1) is 22.1 Å². The van der Waals surface area contributed by atoms with E-state index in [9.17, 15) is 0 Å². The van der Waals surface area contributed by atoms with E-state index in [1.165, 1.54) is 21.8 Å². The molecular weight excluding hydrogens is 637 g/mol. The molecule has 0 spiro atoms. The Balaban J connectivity index is 1.23. The largest absolute Gasteiger partial charge is 0.452 e. The van der Waals surface area contributed by atoms with E-state index < -0.39 is 0 Å². The van der Waals surface area contributed by atoms with E-state index in [4.69, 9.17) is 14.4 Å². The lowest BCUT2D eigenvalue weighted by molar-refractivity contribution is 0.663. The van der Waals surface area contributed by atoms with Crippen molar-refractivity contribution in [3.63, 3.8) is 0 Å². The first kappa shape index (κ1) is 29.9. The van der Waals surface area contributed by atoms with Gasteiger partial charge in [0, 0.05) is 38.2 Å². The summed E-state index contributed by atoms with van der Waals surface area (Å²) >= 11 is 0. The van der Waals surface area contributed by atoms with Crippen LogP contribution in [0.15, 0.2) is 175 Å². The van der Waals surface area contributed by atoms with Crippen molar-refractivity contribution in [1.29, 1.82) is 0 Å².